The smallest absolute Gasteiger partial charge is 0.263 e. The van der Waals surface area contributed by atoms with Crippen molar-refractivity contribution in [2.45, 2.75) is 6.92 Å². The number of aromatic nitrogens is 1. The minimum Gasteiger partial charge on any atom is -0.496 e. The number of anilines is 2. The van der Waals surface area contributed by atoms with Crippen molar-refractivity contribution in [1.82, 2.24) is 9.88 Å². The van der Waals surface area contributed by atoms with E-state index in [4.69, 9.17) is 9.47 Å². The van der Waals surface area contributed by atoms with Crippen LogP contribution in [0.25, 0.3) is 0 Å². The van der Waals surface area contributed by atoms with Crippen LogP contribution in [0.15, 0.2) is 36.5 Å². The molecular formula is C20H24N4O4. The maximum absolute atomic E-state index is 12.7. The Balaban J connectivity index is 1.68. The monoisotopic (exact) mass is 384 g/mol. The summed E-state index contributed by atoms with van der Waals surface area (Å²) >= 11 is 0. The van der Waals surface area contributed by atoms with E-state index in [-0.39, 0.29) is 11.8 Å². The van der Waals surface area contributed by atoms with E-state index in [2.05, 4.69) is 15.2 Å². The van der Waals surface area contributed by atoms with E-state index in [0.29, 0.717) is 35.8 Å². The Labute approximate surface area is 164 Å². The van der Waals surface area contributed by atoms with Crippen molar-refractivity contribution in [3.63, 3.8) is 0 Å². The fourth-order valence-corrected chi connectivity index (χ4v) is 3.17. The van der Waals surface area contributed by atoms with Crippen molar-refractivity contribution in [1.29, 1.82) is 0 Å². The van der Waals surface area contributed by atoms with Crippen LogP contribution in [0.4, 0.5) is 11.5 Å². The van der Waals surface area contributed by atoms with Crippen LogP contribution in [0.1, 0.15) is 17.3 Å². The quantitative estimate of drug-likeness (QED) is 0.849. The molecule has 0 spiro atoms. The highest BCUT2D eigenvalue weighted by Crippen LogP contribution is 2.29. The lowest BCUT2D eigenvalue weighted by atomic mass is 10.1. The number of nitrogens with one attached hydrogen (secondary N) is 1. The second-order valence-corrected chi connectivity index (χ2v) is 6.39. The van der Waals surface area contributed by atoms with Crippen LogP contribution in [0.2, 0.25) is 0 Å². The van der Waals surface area contributed by atoms with E-state index >= 15 is 0 Å². The Morgan fingerprint density at radius 2 is 1.64 bits per heavy atom. The molecule has 1 fully saturated rings. The van der Waals surface area contributed by atoms with Crippen LogP contribution < -0.4 is 19.7 Å². The van der Waals surface area contributed by atoms with Crippen LogP contribution >= 0.6 is 0 Å². The van der Waals surface area contributed by atoms with Gasteiger partial charge in [0.15, 0.2) is 0 Å². The lowest BCUT2D eigenvalue weighted by Gasteiger charge is -2.34. The summed E-state index contributed by atoms with van der Waals surface area (Å²) in [5, 5.41) is 2.83. The first kappa shape index (κ1) is 19.5. The predicted molar refractivity (Wildman–Crippen MR) is 106 cm³/mol. The van der Waals surface area contributed by atoms with Gasteiger partial charge in [-0.15, -0.1) is 0 Å². The van der Waals surface area contributed by atoms with Crippen molar-refractivity contribution in [3.05, 3.63) is 42.1 Å². The first-order chi connectivity index (χ1) is 13.5. The average molecular weight is 384 g/mol. The SMILES string of the molecule is COc1cccc(OC)c1C(=O)Nc1ccc(N2CCN(C(C)=O)CC2)nc1. The van der Waals surface area contributed by atoms with Gasteiger partial charge < -0.3 is 24.6 Å². The Hall–Kier alpha value is -3.29. The Bertz CT molecular complexity index is 824. The molecule has 2 heterocycles. The van der Waals surface area contributed by atoms with Gasteiger partial charge in [-0.3, -0.25) is 9.59 Å². The number of carbonyl (C=O) groups excluding carboxylic acids is 2. The highest BCUT2D eigenvalue weighted by atomic mass is 16.5. The molecule has 1 aliphatic rings. The highest BCUT2D eigenvalue weighted by molar-refractivity contribution is 6.08. The fraction of sp³-hybridized carbons (Fsp3) is 0.350. The van der Waals surface area contributed by atoms with Crippen molar-refractivity contribution in [3.8, 4) is 11.5 Å². The van der Waals surface area contributed by atoms with E-state index in [1.165, 1.54) is 14.2 Å². The molecule has 0 unspecified atom stereocenters. The van der Waals surface area contributed by atoms with Crippen LogP contribution in [0, 0.1) is 0 Å². The first-order valence-corrected chi connectivity index (χ1v) is 9.02. The third kappa shape index (κ3) is 4.16. The minimum atomic E-state index is -0.334. The summed E-state index contributed by atoms with van der Waals surface area (Å²) in [6.07, 6.45) is 1.62. The number of piperazine rings is 1. The standard InChI is InChI=1S/C20H24N4O4/c1-14(25)23-9-11-24(12-10-23)18-8-7-15(13-21-18)22-20(26)19-16(27-2)5-4-6-17(19)28-3/h4-8,13H,9-12H2,1-3H3,(H,22,26). The molecule has 1 N–H and O–H groups in total. The molecule has 8 nitrogen and oxygen atoms in total. The van der Waals surface area contributed by atoms with Gasteiger partial charge in [0.25, 0.3) is 5.91 Å². The number of rotatable bonds is 5. The average Bonchev–Trinajstić information content (AvgIpc) is 2.73. The summed E-state index contributed by atoms with van der Waals surface area (Å²) in [4.78, 5) is 32.5. The van der Waals surface area contributed by atoms with Gasteiger partial charge in [-0.1, -0.05) is 6.07 Å². The van der Waals surface area contributed by atoms with E-state index in [0.717, 1.165) is 18.9 Å². The largest absolute Gasteiger partial charge is 0.496 e. The highest BCUT2D eigenvalue weighted by Gasteiger charge is 2.20. The van der Waals surface area contributed by atoms with Gasteiger partial charge in [0.2, 0.25) is 5.91 Å². The number of amides is 2. The molecule has 0 atom stereocenters. The first-order valence-electron chi connectivity index (χ1n) is 9.02. The molecule has 8 heteroatoms. The number of ether oxygens (including phenoxy) is 2. The second-order valence-electron chi connectivity index (χ2n) is 6.39. The van der Waals surface area contributed by atoms with E-state index in [9.17, 15) is 9.59 Å². The number of methoxy groups -OCH3 is 2. The maximum Gasteiger partial charge on any atom is 0.263 e. The van der Waals surface area contributed by atoms with E-state index in [1.54, 1.807) is 37.4 Å². The van der Waals surface area contributed by atoms with Crippen LogP contribution in [0.5, 0.6) is 11.5 Å². The maximum atomic E-state index is 12.7. The number of benzene rings is 1. The number of pyridine rings is 1. The van der Waals surface area contributed by atoms with Gasteiger partial charge in [0.1, 0.15) is 22.9 Å². The fourth-order valence-electron chi connectivity index (χ4n) is 3.17. The molecule has 28 heavy (non-hydrogen) atoms. The number of nitrogens with zero attached hydrogens (tertiary/aromatic N) is 3. The third-order valence-corrected chi connectivity index (χ3v) is 4.71. The molecule has 3 rings (SSSR count). The zero-order valence-electron chi connectivity index (χ0n) is 16.3. The summed E-state index contributed by atoms with van der Waals surface area (Å²) in [6, 6.07) is 8.84. The van der Waals surface area contributed by atoms with Crippen molar-refractivity contribution in [2.24, 2.45) is 0 Å². The molecule has 0 radical (unpaired) electrons. The van der Waals surface area contributed by atoms with Gasteiger partial charge in [0, 0.05) is 33.1 Å². The Morgan fingerprint density at radius 3 is 2.14 bits per heavy atom. The summed E-state index contributed by atoms with van der Waals surface area (Å²) in [7, 11) is 3.02. The molecule has 1 aromatic heterocycles. The molecule has 0 saturated carbocycles. The van der Waals surface area contributed by atoms with Gasteiger partial charge >= 0.3 is 0 Å². The molecule has 2 aromatic rings. The normalized spacial score (nSPS) is 13.8. The minimum absolute atomic E-state index is 0.0948. The van der Waals surface area contributed by atoms with Crippen LogP contribution in [-0.4, -0.2) is 62.1 Å². The molecule has 148 valence electrons. The van der Waals surface area contributed by atoms with E-state index in [1.807, 2.05) is 11.0 Å². The Morgan fingerprint density at radius 1 is 1.00 bits per heavy atom. The Kier molecular flexibility index (Phi) is 5.98. The van der Waals surface area contributed by atoms with E-state index < -0.39 is 0 Å². The molecule has 0 aliphatic carbocycles. The third-order valence-electron chi connectivity index (χ3n) is 4.71. The molecule has 2 amide bonds. The number of hydrogen-bond donors (Lipinski definition) is 1. The number of hydrogen-bond acceptors (Lipinski definition) is 6. The summed E-state index contributed by atoms with van der Waals surface area (Å²) in [5.41, 5.74) is 0.904. The zero-order chi connectivity index (χ0) is 20.1. The van der Waals surface area contributed by atoms with Gasteiger partial charge in [0.05, 0.1) is 26.1 Å². The molecule has 1 aromatic carbocycles. The predicted octanol–water partition coefficient (Wildman–Crippen LogP) is 2.02. The molecule has 1 saturated heterocycles. The zero-order valence-corrected chi connectivity index (χ0v) is 16.3. The van der Waals surface area contributed by atoms with Crippen LogP contribution in [0.3, 0.4) is 0 Å². The van der Waals surface area contributed by atoms with Crippen molar-refractivity contribution in [2.75, 3.05) is 50.6 Å². The van der Waals surface area contributed by atoms with Crippen LogP contribution in [-0.2, 0) is 4.79 Å². The van der Waals surface area contributed by atoms with Gasteiger partial charge in [-0.2, -0.15) is 0 Å². The summed E-state index contributed by atoms with van der Waals surface area (Å²) < 4.78 is 10.6. The van der Waals surface area contributed by atoms with Crippen molar-refractivity contribution < 1.29 is 19.1 Å². The molecule has 0 bridgehead atoms. The molecular weight excluding hydrogens is 360 g/mol. The lowest BCUT2D eigenvalue weighted by Crippen LogP contribution is -2.48. The van der Waals surface area contributed by atoms with Crippen molar-refractivity contribution >= 4 is 23.3 Å². The van der Waals surface area contributed by atoms with Gasteiger partial charge in [-0.25, -0.2) is 4.98 Å². The molecule has 1 aliphatic heterocycles. The summed E-state index contributed by atoms with van der Waals surface area (Å²) in [6.45, 7) is 4.42. The topological polar surface area (TPSA) is 84.0 Å². The summed E-state index contributed by atoms with van der Waals surface area (Å²) in [5.74, 6) is 1.45. The second kappa shape index (κ2) is 8.60. The van der Waals surface area contributed by atoms with Gasteiger partial charge in [-0.05, 0) is 24.3 Å². The number of carbonyl (C=O) groups is 2. The lowest BCUT2D eigenvalue weighted by molar-refractivity contribution is -0.129.